The van der Waals surface area contributed by atoms with Crippen LogP contribution < -0.4 is 0 Å². The van der Waals surface area contributed by atoms with Crippen molar-refractivity contribution in [2.24, 2.45) is 0 Å². The van der Waals surface area contributed by atoms with Gasteiger partial charge in [-0.2, -0.15) is 0 Å². The average Bonchev–Trinajstić information content (AvgIpc) is 2.70. The summed E-state index contributed by atoms with van der Waals surface area (Å²) in [6, 6.07) is 6.62. The number of hydrogen-bond donors (Lipinski definition) is 0. The number of thiazole rings is 1. The maximum Gasteiger partial charge on any atom is 0.123 e. The molecule has 0 aliphatic rings. The standard InChI is InChI=1S/C13H14FNS/c1-2-3-12-9-16-13(15-12)8-10-4-6-11(14)7-5-10/h4-7,9H,2-3,8H2,1H3. The highest BCUT2D eigenvalue weighted by atomic mass is 32.1. The summed E-state index contributed by atoms with van der Waals surface area (Å²) in [5, 5.41) is 3.22. The van der Waals surface area contributed by atoms with Crippen molar-refractivity contribution >= 4 is 11.3 Å². The SMILES string of the molecule is CCCc1csc(Cc2ccc(F)cc2)n1. The first-order chi connectivity index (χ1) is 7.78. The largest absolute Gasteiger partial charge is 0.246 e. The van der Waals surface area contributed by atoms with E-state index in [2.05, 4.69) is 17.3 Å². The molecular formula is C13H14FNS. The number of aromatic nitrogens is 1. The molecule has 3 heteroatoms. The lowest BCUT2D eigenvalue weighted by Gasteiger charge is -1.97. The van der Waals surface area contributed by atoms with Crippen molar-refractivity contribution in [3.05, 3.63) is 51.7 Å². The third kappa shape index (κ3) is 2.89. The summed E-state index contributed by atoms with van der Waals surface area (Å²) < 4.78 is 12.7. The first-order valence-electron chi connectivity index (χ1n) is 5.45. The molecule has 16 heavy (non-hydrogen) atoms. The lowest BCUT2D eigenvalue weighted by molar-refractivity contribution is 0.627. The van der Waals surface area contributed by atoms with Crippen molar-refractivity contribution in [1.82, 2.24) is 4.98 Å². The molecule has 2 rings (SSSR count). The van der Waals surface area contributed by atoms with Crippen LogP contribution in [0.4, 0.5) is 4.39 Å². The van der Waals surface area contributed by atoms with Gasteiger partial charge in [-0.3, -0.25) is 0 Å². The predicted octanol–water partition coefficient (Wildman–Crippen LogP) is 3.83. The summed E-state index contributed by atoms with van der Waals surface area (Å²) in [6.45, 7) is 2.15. The Labute approximate surface area is 99.0 Å². The molecule has 0 saturated carbocycles. The quantitative estimate of drug-likeness (QED) is 0.785. The van der Waals surface area contributed by atoms with E-state index in [0.29, 0.717) is 0 Å². The molecule has 0 atom stereocenters. The summed E-state index contributed by atoms with van der Waals surface area (Å²) in [5.41, 5.74) is 2.28. The van der Waals surface area contributed by atoms with E-state index >= 15 is 0 Å². The molecule has 84 valence electrons. The predicted molar refractivity (Wildman–Crippen MR) is 65.3 cm³/mol. The van der Waals surface area contributed by atoms with Crippen LogP contribution in [0.3, 0.4) is 0 Å². The number of nitrogens with zero attached hydrogens (tertiary/aromatic N) is 1. The highest BCUT2D eigenvalue weighted by molar-refractivity contribution is 7.09. The van der Waals surface area contributed by atoms with Crippen molar-refractivity contribution in [3.63, 3.8) is 0 Å². The van der Waals surface area contributed by atoms with Crippen LogP contribution in [0.1, 0.15) is 29.6 Å². The van der Waals surface area contributed by atoms with Crippen LogP contribution in [0.5, 0.6) is 0 Å². The van der Waals surface area contributed by atoms with Crippen LogP contribution in [0.15, 0.2) is 29.6 Å². The fourth-order valence-electron chi connectivity index (χ4n) is 1.58. The van der Waals surface area contributed by atoms with Crippen LogP contribution in [0, 0.1) is 5.82 Å². The lowest BCUT2D eigenvalue weighted by Crippen LogP contribution is -1.89. The van der Waals surface area contributed by atoms with Crippen molar-refractivity contribution in [2.75, 3.05) is 0 Å². The molecule has 0 spiro atoms. The van der Waals surface area contributed by atoms with Crippen molar-refractivity contribution in [2.45, 2.75) is 26.2 Å². The Morgan fingerprint density at radius 1 is 1.25 bits per heavy atom. The van der Waals surface area contributed by atoms with E-state index in [0.717, 1.165) is 29.8 Å². The zero-order valence-electron chi connectivity index (χ0n) is 9.24. The van der Waals surface area contributed by atoms with Crippen LogP contribution in [-0.2, 0) is 12.8 Å². The van der Waals surface area contributed by atoms with Crippen LogP contribution in [-0.4, -0.2) is 4.98 Å². The molecule has 1 aromatic heterocycles. The third-order valence-electron chi connectivity index (χ3n) is 2.37. The van der Waals surface area contributed by atoms with Gasteiger partial charge in [-0.1, -0.05) is 25.5 Å². The molecule has 0 aliphatic heterocycles. The van der Waals surface area contributed by atoms with Crippen LogP contribution in [0.25, 0.3) is 0 Å². The van der Waals surface area contributed by atoms with E-state index in [-0.39, 0.29) is 5.82 Å². The fraction of sp³-hybridized carbons (Fsp3) is 0.308. The molecule has 1 aromatic carbocycles. The summed E-state index contributed by atoms with van der Waals surface area (Å²) in [7, 11) is 0. The van der Waals surface area contributed by atoms with Crippen LogP contribution >= 0.6 is 11.3 Å². The lowest BCUT2D eigenvalue weighted by atomic mass is 10.1. The van der Waals surface area contributed by atoms with E-state index in [1.54, 1.807) is 11.3 Å². The highest BCUT2D eigenvalue weighted by Crippen LogP contribution is 2.16. The monoisotopic (exact) mass is 235 g/mol. The number of benzene rings is 1. The Morgan fingerprint density at radius 2 is 2.00 bits per heavy atom. The Bertz CT molecular complexity index is 447. The fourth-order valence-corrected chi connectivity index (χ4v) is 2.44. The van der Waals surface area contributed by atoms with Crippen molar-refractivity contribution < 1.29 is 4.39 Å². The molecule has 1 heterocycles. The summed E-state index contributed by atoms with van der Waals surface area (Å²) in [6.07, 6.45) is 2.97. The maximum atomic E-state index is 12.7. The van der Waals surface area contributed by atoms with Crippen molar-refractivity contribution in [1.29, 1.82) is 0 Å². The normalized spacial score (nSPS) is 10.6. The minimum absolute atomic E-state index is 0.186. The zero-order chi connectivity index (χ0) is 11.4. The Hall–Kier alpha value is -1.22. The van der Waals surface area contributed by atoms with Gasteiger partial charge in [0.25, 0.3) is 0 Å². The zero-order valence-corrected chi connectivity index (χ0v) is 10.1. The van der Waals surface area contributed by atoms with Gasteiger partial charge in [-0.05, 0) is 24.1 Å². The average molecular weight is 235 g/mol. The van der Waals surface area contributed by atoms with Crippen molar-refractivity contribution in [3.8, 4) is 0 Å². The maximum absolute atomic E-state index is 12.7. The van der Waals surface area contributed by atoms with Gasteiger partial charge in [0.1, 0.15) is 5.82 Å². The van der Waals surface area contributed by atoms with Gasteiger partial charge >= 0.3 is 0 Å². The minimum atomic E-state index is -0.186. The van der Waals surface area contributed by atoms with E-state index in [4.69, 9.17) is 0 Å². The number of rotatable bonds is 4. The van der Waals surface area contributed by atoms with Gasteiger partial charge in [0, 0.05) is 11.8 Å². The first-order valence-corrected chi connectivity index (χ1v) is 6.33. The van der Waals surface area contributed by atoms with Gasteiger partial charge in [0.2, 0.25) is 0 Å². The molecule has 0 radical (unpaired) electrons. The number of hydrogen-bond acceptors (Lipinski definition) is 2. The van der Waals surface area contributed by atoms with Gasteiger partial charge in [-0.25, -0.2) is 9.37 Å². The third-order valence-corrected chi connectivity index (χ3v) is 3.27. The molecule has 0 bridgehead atoms. The topological polar surface area (TPSA) is 12.9 Å². The van der Waals surface area contributed by atoms with Gasteiger partial charge < -0.3 is 0 Å². The molecule has 0 amide bonds. The van der Waals surface area contributed by atoms with Crippen LogP contribution in [0.2, 0.25) is 0 Å². The highest BCUT2D eigenvalue weighted by Gasteiger charge is 2.02. The second kappa shape index (κ2) is 5.21. The molecule has 0 unspecified atom stereocenters. The first kappa shape index (κ1) is 11.3. The Balaban J connectivity index is 2.05. The second-order valence-corrected chi connectivity index (χ2v) is 4.73. The summed E-state index contributed by atoms with van der Waals surface area (Å²) >= 11 is 1.68. The molecule has 0 aliphatic carbocycles. The molecule has 1 nitrogen and oxygen atoms in total. The Kier molecular flexibility index (Phi) is 3.67. The molecular weight excluding hydrogens is 221 g/mol. The molecule has 2 aromatic rings. The second-order valence-electron chi connectivity index (χ2n) is 3.79. The summed E-state index contributed by atoms with van der Waals surface area (Å²) in [4.78, 5) is 4.54. The van der Waals surface area contributed by atoms with E-state index in [9.17, 15) is 4.39 Å². The van der Waals surface area contributed by atoms with E-state index in [1.165, 1.54) is 17.8 Å². The number of halogens is 1. The molecule has 0 N–H and O–H groups in total. The van der Waals surface area contributed by atoms with Gasteiger partial charge in [-0.15, -0.1) is 11.3 Å². The van der Waals surface area contributed by atoms with Gasteiger partial charge in [0.15, 0.2) is 0 Å². The van der Waals surface area contributed by atoms with E-state index < -0.39 is 0 Å². The smallest absolute Gasteiger partial charge is 0.123 e. The van der Waals surface area contributed by atoms with E-state index in [1.807, 2.05) is 12.1 Å². The molecule has 0 saturated heterocycles. The number of aryl methyl sites for hydroxylation is 1. The summed E-state index contributed by atoms with van der Waals surface area (Å²) in [5.74, 6) is -0.186. The Morgan fingerprint density at radius 3 is 2.69 bits per heavy atom. The molecule has 0 fully saturated rings. The minimum Gasteiger partial charge on any atom is -0.246 e. The van der Waals surface area contributed by atoms with Gasteiger partial charge in [0.05, 0.1) is 10.7 Å².